The number of aliphatic hydroxyl groups excluding tert-OH is 5. The van der Waals surface area contributed by atoms with Gasteiger partial charge in [0.05, 0.1) is 29.1 Å². The molecule has 1 saturated heterocycles. The fraction of sp³-hybridized carbons (Fsp3) is 0.846. The number of esters is 1. The molecule has 5 aliphatic rings. The van der Waals surface area contributed by atoms with Crippen molar-refractivity contribution in [3.05, 3.63) is 12.2 Å². The van der Waals surface area contributed by atoms with Gasteiger partial charge in [0.25, 0.3) is 0 Å². The highest BCUT2D eigenvalue weighted by Gasteiger charge is 2.77. The topological polar surface area (TPSA) is 174 Å². The number of carbonyl (C=O) groups excluding carboxylic acids is 2. The van der Waals surface area contributed by atoms with E-state index in [9.17, 15) is 40.2 Å². The Balaban J connectivity index is 1.48. The number of hydrogen-bond acceptors (Lipinski definition) is 10. The molecule has 36 heavy (non-hydrogen) atoms. The van der Waals surface area contributed by atoms with E-state index in [-0.39, 0.29) is 18.1 Å². The molecule has 4 aliphatic carbocycles. The van der Waals surface area contributed by atoms with Crippen LogP contribution in [0.5, 0.6) is 0 Å². The van der Waals surface area contributed by atoms with Crippen molar-refractivity contribution in [3.8, 4) is 0 Å². The Morgan fingerprint density at radius 2 is 1.78 bits per heavy atom. The Hall–Kier alpha value is -1.40. The number of allylic oxidation sites excluding steroid dienone is 1. The number of carbonyl (C=O) groups is 2. The van der Waals surface area contributed by atoms with Gasteiger partial charge in [0.1, 0.15) is 24.4 Å². The van der Waals surface area contributed by atoms with E-state index in [1.165, 1.54) is 0 Å². The molecule has 202 valence electrons. The van der Waals surface area contributed by atoms with Crippen LogP contribution in [0.25, 0.3) is 0 Å². The summed E-state index contributed by atoms with van der Waals surface area (Å²) in [5, 5.41) is 63.9. The van der Waals surface area contributed by atoms with Crippen LogP contribution in [-0.2, 0) is 19.1 Å². The van der Waals surface area contributed by atoms with Gasteiger partial charge in [-0.1, -0.05) is 19.9 Å². The highest BCUT2D eigenvalue weighted by molar-refractivity contribution is 6.04. The van der Waals surface area contributed by atoms with Gasteiger partial charge in [-0.05, 0) is 56.9 Å². The molecule has 6 N–H and O–H groups in total. The molecule has 1 spiro atoms. The van der Waals surface area contributed by atoms with Crippen molar-refractivity contribution in [2.45, 2.75) is 101 Å². The second-order valence-electron chi connectivity index (χ2n) is 12.3. The van der Waals surface area contributed by atoms with Crippen molar-refractivity contribution in [1.82, 2.24) is 0 Å². The van der Waals surface area contributed by atoms with Crippen LogP contribution in [-0.4, -0.2) is 91.4 Å². The Labute approximate surface area is 209 Å². The third-order valence-electron chi connectivity index (χ3n) is 10.7. The van der Waals surface area contributed by atoms with Gasteiger partial charge >= 0.3 is 5.97 Å². The summed E-state index contributed by atoms with van der Waals surface area (Å²) < 4.78 is 10.9. The van der Waals surface area contributed by atoms with E-state index in [0.717, 1.165) is 0 Å². The number of ketones is 1. The second-order valence-corrected chi connectivity index (χ2v) is 12.3. The monoisotopic (exact) mass is 510 g/mol. The van der Waals surface area contributed by atoms with Crippen LogP contribution in [0.1, 0.15) is 58.8 Å². The number of hydrogen-bond donors (Lipinski definition) is 6. The lowest BCUT2D eigenvalue weighted by Gasteiger charge is -2.68. The minimum atomic E-state index is -1.74. The SMILES string of the molecule is C=C1C(=O)C23CC1CCC2(O)C1(C)CCCC(C)(C(=O)OC2OC(CO)C(O)C(O)C2O)C1C(O)C3. The van der Waals surface area contributed by atoms with E-state index in [1.807, 2.05) is 6.92 Å². The lowest BCUT2D eigenvalue weighted by Crippen LogP contribution is -2.73. The van der Waals surface area contributed by atoms with Gasteiger partial charge in [-0.15, -0.1) is 0 Å². The summed E-state index contributed by atoms with van der Waals surface area (Å²) in [5.74, 6) is -1.71. The standard InChI is InChI=1S/C26H38O10/c1-12-13-5-8-26(34)24(3)7-4-6-23(2,19(24)14(28)10-25(26,9-13)20(12)32)22(33)36-21-18(31)17(30)16(29)15(11-27)35-21/h13-19,21,27-31,34H,1,4-11H2,2-3H3. The number of fused-ring (bicyclic) bond motifs is 3. The zero-order valence-electron chi connectivity index (χ0n) is 20.8. The first kappa shape index (κ1) is 26.2. The van der Waals surface area contributed by atoms with Crippen LogP contribution < -0.4 is 0 Å². The van der Waals surface area contributed by atoms with Crippen LogP contribution in [0.15, 0.2) is 12.2 Å². The lowest BCUT2D eigenvalue weighted by atomic mass is 9.38. The summed E-state index contributed by atoms with van der Waals surface area (Å²) in [6, 6.07) is 0. The molecule has 12 unspecified atom stereocenters. The number of Topliss-reactive ketones (excluding diaryl/α,β-unsaturated/α-hetero) is 1. The molecule has 10 nitrogen and oxygen atoms in total. The molecular formula is C26H38O10. The summed E-state index contributed by atoms with van der Waals surface area (Å²) in [6.07, 6.45) is -6.11. The molecule has 0 aromatic heterocycles. The van der Waals surface area contributed by atoms with Gasteiger partial charge in [0.15, 0.2) is 5.78 Å². The predicted molar refractivity (Wildman–Crippen MR) is 123 cm³/mol. The van der Waals surface area contributed by atoms with Gasteiger partial charge in [-0.3, -0.25) is 9.59 Å². The minimum absolute atomic E-state index is 0.00347. The molecule has 1 heterocycles. The Morgan fingerprint density at radius 1 is 1.08 bits per heavy atom. The molecule has 0 aromatic rings. The van der Waals surface area contributed by atoms with E-state index in [1.54, 1.807) is 6.92 Å². The number of ether oxygens (including phenoxy) is 2. The summed E-state index contributed by atoms with van der Waals surface area (Å²) in [4.78, 5) is 27.2. The van der Waals surface area contributed by atoms with E-state index < -0.39 is 77.1 Å². The molecule has 0 radical (unpaired) electrons. The summed E-state index contributed by atoms with van der Waals surface area (Å²) in [7, 11) is 0. The fourth-order valence-electron chi connectivity index (χ4n) is 8.82. The Bertz CT molecular complexity index is 966. The summed E-state index contributed by atoms with van der Waals surface area (Å²) in [6.45, 7) is 6.84. The fourth-order valence-corrected chi connectivity index (χ4v) is 8.82. The molecular weight excluding hydrogens is 472 g/mol. The normalized spacial score (nSPS) is 54.6. The number of aliphatic hydroxyl groups is 6. The van der Waals surface area contributed by atoms with E-state index >= 15 is 0 Å². The maximum absolute atomic E-state index is 13.7. The quantitative estimate of drug-likeness (QED) is 0.216. The lowest BCUT2D eigenvalue weighted by molar-refractivity contribution is -0.306. The van der Waals surface area contributed by atoms with Crippen molar-refractivity contribution >= 4 is 11.8 Å². The van der Waals surface area contributed by atoms with Crippen molar-refractivity contribution in [3.63, 3.8) is 0 Å². The van der Waals surface area contributed by atoms with E-state index in [0.29, 0.717) is 44.1 Å². The number of rotatable bonds is 3. The van der Waals surface area contributed by atoms with Gasteiger partial charge in [-0.2, -0.15) is 0 Å². The predicted octanol–water partition coefficient (Wildman–Crippen LogP) is -0.437. The maximum Gasteiger partial charge on any atom is 0.314 e. The molecule has 2 bridgehead atoms. The van der Waals surface area contributed by atoms with Gasteiger partial charge in [0, 0.05) is 11.3 Å². The molecule has 1 aliphatic heterocycles. The van der Waals surface area contributed by atoms with Crippen molar-refractivity contribution in [2.24, 2.45) is 28.1 Å². The van der Waals surface area contributed by atoms with Crippen LogP contribution in [0.4, 0.5) is 0 Å². The Morgan fingerprint density at radius 3 is 2.44 bits per heavy atom. The minimum Gasteiger partial charge on any atom is -0.432 e. The summed E-state index contributed by atoms with van der Waals surface area (Å²) in [5.41, 5.74) is -4.31. The van der Waals surface area contributed by atoms with Crippen LogP contribution in [0.3, 0.4) is 0 Å². The van der Waals surface area contributed by atoms with Gasteiger partial charge in [-0.25, -0.2) is 0 Å². The summed E-state index contributed by atoms with van der Waals surface area (Å²) >= 11 is 0. The van der Waals surface area contributed by atoms with Crippen LogP contribution in [0.2, 0.25) is 0 Å². The van der Waals surface area contributed by atoms with Crippen LogP contribution >= 0.6 is 0 Å². The second kappa shape index (κ2) is 8.30. The van der Waals surface area contributed by atoms with E-state index in [4.69, 9.17) is 9.47 Å². The molecule has 5 rings (SSSR count). The third kappa shape index (κ3) is 3.09. The van der Waals surface area contributed by atoms with Crippen molar-refractivity contribution in [1.29, 1.82) is 0 Å². The van der Waals surface area contributed by atoms with Gasteiger partial charge < -0.3 is 40.1 Å². The maximum atomic E-state index is 13.7. The first-order valence-electron chi connectivity index (χ1n) is 12.9. The molecule has 0 aromatic carbocycles. The molecule has 10 heteroatoms. The average Bonchev–Trinajstić information content (AvgIpc) is 3.03. The largest absolute Gasteiger partial charge is 0.432 e. The third-order valence-corrected chi connectivity index (χ3v) is 10.7. The molecule has 0 amide bonds. The van der Waals surface area contributed by atoms with Crippen LogP contribution in [0, 0.1) is 28.1 Å². The van der Waals surface area contributed by atoms with Crippen molar-refractivity contribution in [2.75, 3.05) is 6.61 Å². The van der Waals surface area contributed by atoms with E-state index in [2.05, 4.69) is 6.58 Å². The zero-order chi connectivity index (χ0) is 26.4. The zero-order valence-corrected chi connectivity index (χ0v) is 20.8. The molecule has 4 saturated carbocycles. The Kier molecular flexibility index (Phi) is 6.04. The first-order chi connectivity index (χ1) is 16.8. The smallest absolute Gasteiger partial charge is 0.314 e. The first-order valence-corrected chi connectivity index (χ1v) is 12.9. The highest BCUT2D eigenvalue weighted by Crippen LogP contribution is 2.72. The van der Waals surface area contributed by atoms with Gasteiger partial charge in [0.2, 0.25) is 6.29 Å². The van der Waals surface area contributed by atoms with Crippen molar-refractivity contribution < 1.29 is 49.7 Å². The average molecular weight is 511 g/mol. The molecule has 5 fully saturated rings. The molecule has 12 atom stereocenters. The highest BCUT2D eigenvalue weighted by atomic mass is 16.7.